The Hall–Kier alpha value is -3.02. The van der Waals surface area contributed by atoms with Crippen LogP contribution in [0.15, 0.2) is 42.5 Å². The Morgan fingerprint density at radius 2 is 1.62 bits per heavy atom. The van der Waals surface area contributed by atoms with Gasteiger partial charge >= 0.3 is 5.97 Å². The van der Waals surface area contributed by atoms with E-state index in [1.165, 1.54) is 14.2 Å². The lowest BCUT2D eigenvalue weighted by atomic mass is 10.1. The van der Waals surface area contributed by atoms with E-state index < -0.39 is 5.97 Å². The normalized spacial score (nSPS) is 10.1. The number of hydrogen-bond donors (Lipinski definition) is 0. The van der Waals surface area contributed by atoms with Gasteiger partial charge < -0.3 is 18.9 Å². The summed E-state index contributed by atoms with van der Waals surface area (Å²) in [5, 5.41) is 0. The van der Waals surface area contributed by atoms with Crippen LogP contribution in [0.2, 0.25) is 0 Å². The van der Waals surface area contributed by atoms with Crippen LogP contribution in [-0.4, -0.2) is 39.7 Å². The Balaban J connectivity index is 1.90. The predicted molar refractivity (Wildman–Crippen MR) is 96.2 cm³/mol. The van der Waals surface area contributed by atoms with Gasteiger partial charge in [-0.3, -0.25) is 9.59 Å². The first kappa shape index (κ1) is 19.3. The van der Waals surface area contributed by atoms with Gasteiger partial charge in [-0.15, -0.1) is 0 Å². The van der Waals surface area contributed by atoms with Crippen LogP contribution in [0.3, 0.4) is 0 Å². The van der Waals surface area contributed by atoms with Crippen LogP contribution in [0.25, 0.3) is 0 Å². The molecule has 0 bridgehead atoms. The number of methoxy groups -OCH3 is 3. The summed E-state index contributed by atoms with van der Waals surface area (Å²) < 4.78 is 20.6. The highest BCUT2D eigenvalue weighted by Crippen LogP contribution is 2.25. The Kier molecular flexibility index (Phi) is 7.02. The molecular weight excluding hydrogens is 336 g/mol. The van der Waals surface area contributed by atoms with E-state index in [0.717, 1.165) is 11.3 Å². The van der Waals surface area contributed by atoms with E-state index in [0.29, 0.717) is 23.5 Å². The Bertz CT molecular complexity index is 769. The van der Waals surface area contributed by atoms with E-state index in [1.54, 1.807) is 25.3 Å². The summed E-state index contributed by atoms with van der Waals surface area (Å²) in [5.41, 5.74) is 1.25. The molecule has 0 amide bonds. The number of carbonyl (C=O) groups excluding carboxylic acids is 2. The first-order valence-electron chi connectivity index (χ1n) is 8.11. The van der Waals surface area contributed by atoms with E-state index >= 15 is 0 Å². The first-order chi connectivity index (χ1) is 12.6. The van der Waals surface area contributed by atoms with Crippen LogP contribution < -0.4 is 14.2 Å². The van der Waals surface area contributed by atoms with Crippen molar-refractivity contribution in [1.82, 2.24) is 0 Å². The molecule has 0 saturated carbocycles. The van der Waals surface area contributed by atoms with Crippen LogP contribution in [0.1, 0.15) is 22.3 Å². The second kappa shape index (κ2) is 9.46. The van der Waals surface area contributed by atoms with Gasteiger partial charge in [-0.1, -0.05) is 18.2 Å². The second-order valence-corrected chi connectivity index (χ2v) is 5.46. The van der Waals surface area contributed by atoms with Crippen LogP contribution in [-0.2, 0) is 16.0 Å². The SMILES string of the molecule is COc1ccc(C(=O)COC(=O)CCc2ccccc2OC)c(OC)c1. The molecule has 0 aliphatic carbocycles. The number of carbonyl (C=O) groups is 2. The molecule has 2 rings (SSSR count). The zero-order valence-electron chi connectivity index (χ0n) is 15.1. The summed E-state index contributed by atoms with van der Waals surface area (Å²) in [4.78, 5) is 24.2. The zero-order chi connectivity index (χ0) is 18.9. The number of Topliss-reactive ketones (excluding diaryl/α,β-unsaturated/α-hetero) is 1. The van der Waals surface area contributed by atoms with Gasteiger partial charge in [0.05, 0.1) is 26.9 Å². The number of benzene rings is 2. The molecule has 138 valence electrons. The predicted octanol–water partition coefficient (Wildman–Crippen LogP) is 3.07. The summed E-state index contributed by atoms with van der Waals surface area (Å²) in [7, 11) is 4.57. The van der Waals surface area contributed by atoms with Gasteiger partial charge in [-0.05, 0) is 30.2 Å². The average molecular weight is 358 g/mol. The third-order valence-corrected chi connectivity index (χ3v) is 3.86. The van der Waals surface area contributed by atoms with E-state index in [2.05, 4.69) is 0 Å². The third kappa shape index (κ3) is 4.99. The van der Waals surface area contributed by atoms with Crippen LogP contribution >= 0.6 is 0 Å². The fraction of sp³-hybridized carbons (Fsp3) is 0.300. The third-order valence-electron chi connectivity index (χ3n) is 3.86. The molecule has 0 aromatic heterocycles. The minimum absolute atomic E-state index is 0.160. The summed E-state index contributed by atoms with van der Waals surface area (Å²) in [5.74, 6) is 0.887. The van der Waals surface area contributed by atoms with Gasteiger partial charge in [0.1, 0.15) is 17.2 Å². The highest BCUT2D eigenvalue weighted by Gasteiger charge is 2.16. The molecule has 0 N–H and O–H groups in total. The molecule has 2 aromatic carbocycles. The van der Waals surface area contributed by atoms with Crippen LogP contribution in [0.5, 0.6) is 17.2 Å². The molecule has 0 atom stereocenters. The first-order valence-corrected chi connectivity index (χ1v) is 8.11. The Morgan fingerprint density at radius 1 is 0.885 bits per heavy atom. The molecule has 6 heteroatoms. The summed E-state index contributed by atoms with van der Waals surface area (Å²) in [6, 6.07) is 12.3. The monoisotopic (exact) mass is 358 g/mol. The topological polar surface area (TPSA) is 71.1 Å². The lowest BCUT2D eigenvalue weighted by molar-refractivity contribution is -0.142. The fourth-order valence-electron chi connectivity index (χ4n) is 2.47. The number of rotatable bonds is 9. The van der Waals surface area contributed by atoms with Gasteiger partial charge in [-0.2, -0.15) is 0 Å². The zero-order valence-corrected chi connectivity index (χ0v) is 15.1. The Labute approximate surface area is 152 Å². The van der Waals surface area contributed by atoms with Crippen molar-refractivity contribution in [2.24, 2.45) is 0 Å². The van der Waals surface area contributed by atoms with Crippen molar-refractivity contribution in [1.29, 1.82) is 0 Å². The van der Waals surface area contributed by atoms with E-state index in [4.69, 9.17) is 18.9 Å². The molecule has 0 aliphatic heterocycles. The van der Waals surface area contributed by atoms with Crippen molar-refractivity contribution in [2.75, 3.05) is 27.9 Å². The summed E-state index contributed by atoms with van der Waals surface area (Å²) >= 11 is 0. The summed E-state index contributed by atoms with van der Waals surface area (Å²) in [6.07, 6.45) is 0.635. The van der Waals surface area contributed by atoms with Crippen molar-refractivity contribution >= 4 is 11.8 Å². The molecule has 0 unspecified atom stereocenters. The van der Waals surface area contributed by atoms with E-state index in [-0.39, 0.29) is 18.8 Å². The van der Waals surface area contributed by atoms with Crippen molar-refractivity contribution in [3.8, 4) is 17.2 Å². The highest BCUT2D eigenvalue weighted by molar-refractivity contribution is 6.00. The van der Waals surface area contributed by atoms with Crippen molar-refractivity contribution in [2.45, 2.75) is 12.8 Å². The molecule has 0 heterocycles. The fourth-order valence-corrected chi connectivity index (χ4v) is 2.47. The maximum Gasteiger partial charge on any atom is 0.306 e. The maximum absolute atomic E-state index is 12.3. The number of ether oxygens (including phenoxy) is 4. The second-order valence-electron chi connectivity index (χ2n) is 5.46. The molecule has 0 saturated heterocycles. The number of ketones is 1. The molecule has 2 aromatic rings. The molecule has 26 heavy (non-hydrogen) atoms. The minimum Gasteiger partial charge on any atom is -0.497 e. The maximum atomic E-state index is 12.3. The molecule has 6 nitrogen and oxygen atoms in total. The minimum atomic E-state index is -0.447. The molecule has 0 fully saturated rings. The van der Waals surface area contributed by atoms with Crippen molar-refractivity contribution < 1.29 is 28.5 Å². The molecule has 0 spiro atoms. The highest BCUT2D eigenvalue weighted by atomic mass is 16.5. The number of aryl methyl sites for hydroxylation is 1. The smallest absolute Gasteiger partial charge is 0.306 e. The quantitative estimate of drug-likeness (QED) is 0.507. The van der Waals surface area contributed by atoms with E-state index in [1.807, 2.05) is 24.3 Å². The summed E-state index contributed by atoms with van der Waals surface area (Å²) in [6.45, 7) is -0.340. The van der Waals surface area contributed by atoms with Gasteiger partial charge in [-0.25, -0.2) is 0 Å². The van der Waals surface area contributed by atoms with Crippen molar-refractivity contribution in [3.63, 3.8) is 0 Å². The standard InChI is InChI=1S/C20H22O6/c1-23-15-9-10-16(19(12-15)25-3)17(21)13-26-20(22)11-8-14-6-4-5-7-18(14)24-2/h4-7,9-10,12H,8,11,13H2,1-3H3. The largest absolute Gasteiger partial charge is 0.497 e. The molecule has 0 aliphatic rings. The van der Waals surface area contributed by atoms with Gasteiger partial charge in [0, 0.05) is 12.5 Å². The Morgan fingerprint density at radius 3 is 2.31 bits per heavy atom. The van der Waals surface area contributed by atoms with Crippen LogP contribution in [0.4, 0.5) is 0 Å². The lowest BCUT2D eigenvalue weighted by Gasteiger charge is -2.10. The van der Waals surface area contributed by atoms with Crippen molar-refractivity contribution in [3.05, 3.63) is 53.6 Å². The number of hydrogen-bond acceptors (Lipinski definition) is 6. The molecular formula is C20H22O6. The van der Waals surface area contributed by atoms with Gasteiger partial charge in [0.25, 0.3) is 0 Å². The van der Waals surface area contributed by atoms with E-state index in [9.17, 15) is 9.59 Å². The number of para-hydroxylation sites is 1. The van der Waals surface area contributed by atoms with Crippen LogP contribution in [0, 0.1) is 0 Å². The van der Waals surface area contributed by atoms with Gasteiger partial charge in [0.2, 0.25) is 5.78 Å². The molecule has 0 radical (unpaired) electrons. The van der Waals surface area contributed by atoms with Gasteiger partial charge in [0.15, 0.2) is 6.61 Å². The average Bonchev–Trinajstić information content (AvgIpc) is 2.69. The number of esters is 1. The lowest BCUT2D eigenvalue weighted by Crippen LogP contribution is -2.15.